The van der Waals surface area contributed by atoms with Crippen molar-refractivity contribution in [2.75, 3.05) is 26.3 Å². The van der Waals surface area contributed by atoms with Gasteiger partial charge in [0.05, 0.1) is 0 Å². The molecule has 0 radical (unpaired) electrons. The second-order valence-electron chi connectivity index (χ2n) is 6.90. The highest BCUT2D eigenvalue weighted by atomic mass is 16.5. The fraction of sp³-hybridized carbons (Fsp3) is 0.684. The average molecular weight is 303 g/mol. The summed E-state index contributed by atoms with van der Waals surface area (Å²) >= 11 is 0. The molecule has 1 aromatic rings. The normalized spacial score (nSPS) is 22.1. The molecule has 0 atom stereocenters. The van der Waals surface area contributed by atoms with Gasteiger partial charge in [-0.1, -0.05) is 12.1 Å². The van der Waals surface area contributed by atoms with E-state index in [2.05, 4.69) is 43.0 Å². The van der Waals surface area contributed by atoms with Crippen molar-refractivity contribution >= 4 is 0 Å². The number of piperidine rings is 1. The molecule has 3 rings (SSSR count). The SMILES string of the molecule is CC(C)N1CCC(Oc2ccc(C3CCOCC3)cc2)CC1. The lowest BCUT2D eigenvalue weighted by Crippen LogP contribution is -2.41. The summed E-state index contributed by atoms with van der Waals surface area (Å²) in [6.45, 7) is 8.66. The first kappa shape index (κ1) is 15.8. The largest absolute Gasteiger partial charge is 0.490 e. The minimum atomic E-state index is 0.379. The Kier molecular flexibility index (Phi) is 5.37. The average Bonchev–Trinajstić information content (AvgIpc) is 2.57. The van der Waals surface area contributed by atoms with Gasteiger partial charge in [-0.25, -0.2) is 0 Å². The monoisotopic (exact) mass is 303 g/mol. The van der Waals surface area contributed by atoms with Crippen molar-refractivity contribution in [1.29, 1.82) is 0 Å². The summed E-state index contributed by atoms with van der Waals surface area (Å²) in [5.41, 5.74) is 1.44. The number of nitrogens with zero attached hydrogens (tertiary/aromatic N) is 1. The summed E-state index contributed by atoms with van der Waals surface area (Å²) < 4.78 is 11.6. The fourth-order valence-corrected chi connectivity index (χ4v) is 3.55. The summed E-state index contributed by atoms with van der Waals surface area (Å²) in [6.07, 6.45) is 4.95. The van der Waals surface area contributed by atoms with E-state index in [-0.39, 0.29) is 0 Å². The second kappa shape index (κ2) is 7.47. The summed E-state index contributed by atoms with van der Waals surface area (Å²) in [6, 6.07) is 9.45. The zero-order valence-electron chi connectivity index (χ0n) is 14.0. The minimum Gasteiger partial charge on any atom is -0.490 e. The Labute approximate surface area is 134 Å². The Balaban J connectivity index is 1.51. The van der Waals surface area contributed by atoms with Gasteiger partial charge in [-0.05, 0) is 63.1 Å². The van der Waals surface area contributed by atoms with Crippen molar-refractivity contribution in [3.8, 4) is 5.75 Å². The Morgan fingerprint density at radius 3 is 2.23 bits per heavy atom. The number of ether oxygens (including phenoxy) is 2. The molecular weight excluding hydrogens is 274 g/mol. The first-order chi connectivity index (χ1) is 10.7. The summed E-state index contributed by atoms with van der Waals surface area (Å²) in [5.74, 6) is 1.69. The van der Waals surface area contributed by atoms with Gasteiger partial charge in [0.25, 0.3) is 0 Å². The molecule has 0 bridgehead atoms. The number of benzene rings is 1. The zero-order valence-corrected chi connectivity index (χ0v) is 14.0. The summed E-state index contributed by atoms with van der Waals surface area (Å²) in [5, 5.41) is 0. The number of hydrogen-bond acceptors (Lipinski definition) is 3. The smallest absolute Gasteiger partial charge is 0.119 e. The van der Waals surface area contributed by atoms with E-state index < -0.39 is 0 Å². The van der Waals surface area contributed by atoms with E-state index in [0.29, 0.717) is 18.1 Å². The van der Waals surface area contributed by atoms with Crippen LogP contribution < -0.4 is 4.74 Å². The highest BCUT2D eigenvalue weighted by Gasteiger charge is 2.22. The maximum absolute atomic E-state index is 6.17. The lowest BCUT2D eigenvalue weighted by Gasteiger charge is -2.34. The molecule has 0 spiro atoms. The van der Waals surface area contributed by atoms with Gasteiger partial charge in [-0.15, -0.1) is 0 Å². The van der Waals surface area contributed by atoms with Crippen LogP contribution in [0.15, 0.2) is 24.3 Å². The molecule has 2 fully saturated rings. The molecule has 2 aliphatic heterocycles. The molecule has 0 amide bonds. The van der Waals surface area contributed by atoms with E-state index in [4.69, 9.17) is 9.47 Å². The second-order valence-corrected chi connectivity index (χ2v) is 6.90. The Hall–Kier alpha value is -1.06. The van der Waals surface area contributed by atoms with Crippen molar-refractivity contribution in [3.63, 3.8) is 0 Å². The third-order valence-corrected chi connectivity index (χ3v) is 5.08. The van der Waals surface area contributed by atoms with Gasteiger partial charge < -0.3 is 14.4 Å². The molecule has 2 aliphatic rings. The van der Waals surface area contributed by atoms with Gasteiger partial charge in [-0.3, -0.25) is 0 Å². The van der Waals surface area contributed by atoms with Crippen LogP contribution in [0.2, 0.25) is 0 Å². The van der Waals surface area contributed by atoms with Gasteiger partial charge in [0, 0.05) is 32.3 Å². The van der Waals surface area contributed by atoms with Gasteiger partial charge in [0.1, 0.15) is 11.9 Å². The number of rotatable bonds is 4. The summed E-state index contributed by atoms with van der Waals surface area (Å²) in [7, 11) is 0. The fourth-order valence-electron chi connectivity index (χ4n) is 3.55. The van der Waals surface area contributed by atoms with E-state index >= 15 is 0 Å². The Morgan fingerprint density at radius 2 is 1.64 bits per heavy atom. The van der Waals surface area contributed by atoms with Gasteiger partial charge in [-0.2, -0.15) is 0 Å². The highest BCUT2D eigenvalue weighted by molar-refractivity contribution is 5.29. The van der Waals surface area contributed by atoms with Crippen LogP contribution in [0.25, 0.3) is 0 Å². The van der Waals surface area contributed by atoms with E-state index in [1.807, 2.05) is 0 Å². The molecule has 0 aromatic heterocycles. The molecule has 3 heteroatoms. The van der Waals surface area contributed by atoms with Crippen LogP contribution in [-0.2, 0) is 4.74 Å². The van der Waals surface area contributed by atoms with Crippen LogP contribution in [0, 0.1) is 0 Å². The standard InChI is InChI=1S/C19H29NO2/c1-15(2)20-11-7-19(8-12-20)22-18-5-3-16(4-6-18)17-9-13-21-14-10-17/h3-6,15,17,19H,7-14H2,1-2H3. The van der Waals surface area contributed by atoms with E-state index in [1.54, 1.807) is 0 Å². The molecule has 2 saturated heterocycles. The molecule has 0 unspecified atom stereocenters. The third-order valence-electron chi connectivity index (χ3n) is 5.08. The van der Waals surface area contributed by atoms with Crippen molar-refractivity contribution < 1.29 is 9.47 Å². The van der Waals surface area contributed by atoms with E-state index in [9.17, 15) is 0 Å². The minimum absolute atomic E-state index is 0.379. The van der Waals surface area contributed by atoms with Crippen LogP contribution in [0.3, 0.4) is 0 Å². The predicted molar refractivity (Wildman–Crippen MR) is 89.6 cm³/mol. The first-order valence-corrected chi connectivity index (χ1v) is 8.81. The van der Waals surface area contributed by atoms with Gasteiger partial charge >= 0.3 is 0 Å². The Morgan fingerprint density at radius 1 is 1.00 bits per heavy atom. The molecule has 0 N–H and O–H groups in total. The van der Waals surface area contributed by atoms with Gasteiger partial charge in [0.2, 0.25) is 0 Å². The van der Waals surface area contributed by atoms with Crippen molar-refractivity contribution in [1.82, 2.24) is 4.90 Å². The molecule has 122 valence electrons. The van der Waals surface area contributed by atoms with Crippen LogP contribution in [-0.4, -0.2) is 43.3 Å². The maximum Gasteiger partial charge on any atom is 0.119 e. The highest BCUT2D eigenvalue weighted by Crippen LogP contribution is 2.29. The molecule has 3 nitrogen and oxygen atoms in total. The summed E-state index contributed by atoms with van der Waals surface area (Å²) in [4.78, 5) is 2.54. The maximum atomic E-state index is 6.17. The first-order valence-electron chi connectivity index (χ1n) is 8.81. The van der Waals surface area contributed by atoms with Crippen LogP contribution in [0.4, 0.5) is 0 Å². The van der Waals surface area contributed by atoms with Crippen molar-refractivity contribution in [2.24, 2.45) is 0 Å². The molecule has 1 aromatic carbocycles. The predicted octanol–water partition coefficient (Wildman–Crippen LogP) is 3.83. The van der Waals surface area contributed by atoms with Crippen molar-refractivity contribution in [2.45, 2.75) is 57.6 Å². The van der Waals surface area contributed by atoms with Crippen LogP contribution in [0.5, 0.6) is 5.75 Å². The van der Waals surface area contributed by atoms with Crippen LogP contribution >= 0.6 is 0 Å². The molecule has 0 saturated carbocycles. The quantitative estimate of drug-likeness (QED) is 0.844. The topological polar surface area (TPSA) is 21.7 Å². The molecule has 0 aliphatic carbocycles. The van der Waals surface area contributed by atoms with Crippen LogP contribution in [0.1, 0.15) is 51.0 Å². The lowest BCUT2D eigenvalue weighted by atomic mass is 9.92. The lowest BCUT2D eigenvalue weighted by molar-refractivity contribution is 0.0836. The molecule has 2 heterocycles. The Bertz CT molecular complexity index is 443. The van der Waals surface area contributed by atoms with E-state index in [1.165, 1.54) is 5.56 Å². The third kappa shape index (κ3) is 4.02. The number of likely N-dealkylation sites (tertiary alicyclic amines) is 1. The zero-order chi connectivity index (χ0) is 15.4. The molecular formula is C19H29NO2. The van der Waals surface area contributed by atoms with Crippen molar-refractivity contribution in [3.05, 3.63) is 29.8 Å². The van der Waals surface area contributed by atoms with Gasteiger partial charge in [0.15, 0.2) is 0 Å². The van der Waals surface area contributed by atoms with E-state index in [0.717, 1.165) is 57.7 Å². The number of hydrogen-bond donors (Lipinski definition) is 0. The molecule has 22 heavy (non-hydrogen) atoms.